The molecule has 0 radical (unpaired) electrons. The predicted molar refractivity (Wildman–Crippen MR) is 108 cm³/mol. The van der Waals surface area contributed by atoms with Gasteiger partial charge in [-0.3, -0.25) is 14.5 Å². The van der Waals surface area contributed by atoms with E-state index < -0.39 is 0 Å². The highest BCUT2D eigenvalue weighted by Gasteiger charge is 2.38. The molecule has 2 amide bonds. The number of ether oxygens (including phenoxy) is 2. The Kier molecular flexibility index (Phi) is 6.45. The molecule has 0 unspecified atom stereocenters. The summed E-state index contributed by atoms with van der Waals surface area (Å²) in [4.78, 5) is 27.3. The van der Waals surface area contributed by atoms with Gasteiger partial charge in [-0.1, -0.05) is 30.3 Å². The fourth-order valence-corrected chi connectivity index (χ4v) is 3.06. The molecule has 0 aliphatic carbocycles. The van der Waals surface area contributed by atoms with Crippen molar-refractivity contribution in [3.63, 3.8) is 0 Å². The van der Waals surface area contributed by atoms with E-state index in [0.717, 1.165) is 0 Å². The smallest absolute Gasteiger partial charge is 0.278 e. The first-order valence-corrected chi connectivity index (χ1v) is 9.30. The molecule has 0 aromatic heterocycles. The molecule has 0 bridgehead atoms. The van der Waals surface area contributed by atoms with E-state index >= 15 is 0 Å². The van der Waals surface area contributed by atoms with Crippen LogP contribution in [0.4, 0.5) is 5.69 Å². The molecule has 0 saturated carbocycles. The number of carbonyl (C=O) groups is 2. The number of rotatable bonds is 9. The number of methoxy groups -OCH3 is 1. The summed E-state index contributed by atoms with van der Waals surface area (Å²) >= 11 is 0. The summed E-state index contributed by atoms with van der Waals surface area (Å²) in [5.41, 5.74) is 2.10. The van der Waals surface area contributed by atoms with Crippen LogP contribution in [0, 0.1) is 0 Å². The molecule has 1 N–H and O–H groups in total. The zero-order chi connectivity index (χ0) is 19.9. The molecule has 1 heterocycles. The van der Waals surface area contributed by atoms with E-state index in [1.54, 1.807) is 19.2 Å². The van der Waals surface area contributed by atoms with Crippen LogP contribution < -0.4 is 10.1 Å². The summed E-state index contributed by atoms with van der Waals surface area (Å²) in [6.45, 7) is 3.36. The normalized spacial score (nSPS) is 14.0. The quantitative estimate of drug-likeness (QED) is 0.534. The first-order chi connectivity index (χ1) is 13.7. The number of hydrogen-bond acceptors (Lipinski definition) is 5. The van der Waals surface area contributed by atoms with Gasteiger partial charge in [0.15, 0.2) is 0 Å². The van der Waals surface area contributed by atoms with E-state index in [-0.39, 0.29) is 17.5 Å². The van der Waals surface area contributed by atoms with Crippen molar-refractivity contribution in [3.8, 4) is 5.75 Å². The van der Waals surface area contributed by atoms with Crippen molar-refractivity contribution >= 4 is 23.1 Å². The van der Waals surface area contributed by atoms with Crippen molar-refractivity contribution < 1.29 is 19.1 Å². The average molecular weight is 380 g/mol. The van der Waals surface area contributed by atoms with Crippen LogP contribution in [0.15, 0.2) is 60.3 Å². The van der Waals surface area contributed by atoms with E-state index in [4.69, 9.17) is 9.47 Å². The Morgan fingerprint density at radius 3 is 2.32 bits per heavy atom. The molecule has 6 nitrogen and oxygen atoms in total. The monoisotopic (exact) mass is 380 g/mol. The standard InChI is InChI=1S/C22H24N2O4/c1-3-28-15-7-14-24-21(25)19(16-8-5-4-6-9-16)20(22(24)26)23-17-10-12-18(27-2)13-11-17/h4-6,8-13,23H,3,7,14-15H2,1-2H3. The second kappa shape index (κ2) is 9.19. The maximum Gasteiger partial charge on any atom is 0.278 e. The van der Waals surface area contributed by atoms with Crippen LogP contribution in [0.5, 0.6) is 5.75 Å². The van der Waals surface area contributed by atoms with Gasteiger partial charge in [-0.25, -0.2) is 0 Å². The van der Waals surface area contributed by atoms with Gasteiger partial charge >= 0.3 is 0 Å². The number of amides is 2. The zero-order valence-corrected chi connectivity index (χ0v) is 16.1. The van der Waals surface area contributed by atoms with Crippen molar-refractivity contribution in [2.24, 2.45) is 0 Å². The second-order valence-corrected chi connectivity index (χ2v) is 6.28. The summed E-state index contributed by atoms with van der Waals surface area (Å²) in [5.74, 6) is 0.106. The molecular weight excluding hydrogens is 356 g/mol. The van der Waals surface area contributed by atoms with Gasteiger partial charge in [0.25, 0.3) is 11.8 Å². The molecular formula is C22H24N2O4. The molecule has 0 fully saturated rings. The van der Waals surface area contributed by atoms with E-state index in [1.165, 1.54) is 4.90 Å². The van der Waals surface area contributed by atoms with Gasteiger partial charge in [-0.05, 0) is 43.2 Å². The fraction of sp³-hybridized carbons (Fsp3) is 0.273. The topological polar surface area (TPSA) is 67.9 Å². The number of carbonyl (C=O) groups excluding carboxylic acids is 2. The third-order valence-electron chi connectivity index (χ3n) is 4.46. The van der Waals surface area contributed by atoms with Gasteiger partial charge in [0.05, 0.1) is 12.7 Å². The highest BCUT2D eigenvalue weighted by molar-refractivity contribution is 6.36. The van der Waals surface area contributed by atoms with Gasteiger partial charge in [0, 0.05) is 25.4 Å². The minimum Gasteiger partial charge on any atom is -0.497 e. The van der Waals surface area contributed by atoms with Crippen LogP contribution in [-0.4, -0.2) is 43.6 Å². The van der Waals surface area contributed by atoms with Crippen molar-refractivity contribution in [3.05, 3.63) is 65.9 Å². The van der Waals surface area contributed by atoms with Gasteiger partial charge in [0.1, 0.15) is 11.4 Å². The van der Waals surface area contributed by atoms with E-state index in [1.807, 2.05) is 49.4 Å². The molecule has 2 aromatic rings. The average Bonchev–Trinajstić information content (AvgIpc) is 2.96. The van der Waals surface area contributed by atoms with Crippen LogP contribution in [0.1, 0.15) is 18.9 Å². The lowest BCUT2D eigenvalue weighted by atomic mass is 10.0. The largest absolute Gasteiger partial charge is 0.497 e. The number of hydrogen-bond donors (Lipinski definition) is 1. The molecule has 0 atom stereocenters. The Morgan fingerprint density at radius 1 is 0.964 bits per heavy atom. The Balaban J connectivity index is 1.89. The Hall–Kier alpha value is -3.12. The van der Waals surface area contributed by atoms with Crippen molar-refractivity contribution in [1.82, 2.24) is 4.90 Å². The number of nitrogens with zero attached hydrogens (tertiary/aromatic N) is 1. The lowest BCUT2D eigenvalue weighted by Crippen LogP contribution is -2.34. The van der Waals surface area contributed by atoms with E-state index in [9.17, 15) is 9.59 Å². The molecule has 2 aromatic carbocycles. The third-order valence-corrected chi connectivity index (χ3v) is 4.46. The molecule has 1 aliphatic heterocycles. The minimum absolute atomic E-state index is 0.288. The van der Waals surface area contributed by atoms with Crippen LogP contribution in [0.3, 0.4) is 0 Å². The van der Waals surface area contributed by atoms with Gasteiger partial charge in [-0.2, -0.15) is 0 Å². The maximum atomic E-state index is 13.0. The first kappa shape index (κ1) is 19.6. The zero-order valence-electron chi connectivity index (χ0n) is 16.1. The summed E-state index contributed by atoms with van der Waals surface area (Å²) in [6, 6.07) is 16.5. The van der Waals surface area contributed by atoms with Crippen LogP contribution in [0.25, 0.3) is 5.57 Å². The van der Waals surface area contributed by atoms with Crippen LogP contribution >= 0.6 is 0 Å². The second-order valence-electron chi connectivity index (χ2n) is 6.28. The number of nitrogens with one attached hydrogen (secondary N) is 1. The number of anilines is 1. The lowest BCUT2D eigenvalue weighted by Gasteiger charge is -2.15. The highest BCUT2D eigenvalue weighted by Crippen LogP contribution is 2.30. The summed E-state index contributed by atoms with van der Waals surface area (Å²) in [5, 5.41) is 3.13. The lowest BCUT2D eigenvalue weighted by molar-refractivity contribution is -0.137. The Labute approximate surface area is 164 Å². The molecule has 146 valence electrons. The van der Waals surface area contributed by atoms with Crippen molar-refractivity contribution in [1.29, 1.82) is 0 Å². The summed E-state index contributed by atoms with van der Waals surface area (Å²) < 4.78 is 10.5. The molecule has 0 saturated heterocycles. The first-order valence-electron chi connectivity index (χ1n) is 9.30. The highest BCUT2D eigenvalue weighted by atomic mass is 16.5. The Morgan fingerprint density at radius 2 is 1.68 bits per heavy atom. The Bertz CT molecular complexity index is 860. The van der Waals surface area contributed by atoms with Gasteiger partial charge in [-0.15, -0.1) is 0 Å². The molecule has 28 heavy (non-hydrogen) atoms. The van der Waals surface area contributed by atoms with E-state index in [0.29, 0.717) is 48.8 Å². The van der Waals surface area contributed by atoms with Gasteiger partial charge in [0.2, 0.25) is 0 Å². The fourth-order valence-electron chi connectivity index (χ4n) is 3.06. The molecule has 3 rings (SSSR count). The third kappa shape index (κ3) is 4.23. The van der Waals surface area contributed by atoms with Gasteiger partial charge < -0.3 is 14.8 Å². The van der Waals surface area contributed by atoms with Crippen LogP contribution in [-0.2, 0) is 14.3 Å². The minimum atomic E-state index is -0.323. The number of benzene rings is 2. The molecule has 6 heteroatoms. The molecule has 1 aliphatic rings. The predicted octanol–water partition coefficient (Wildman–Crippen LogP) is 3.31. The summed E-state index contributed by atoms with van der Waals surface area (Å²) in [7, 11) is 1.60. The van der Waals surface area contributed by atoms with Crippen molar-refractivity contribution in [2.45, 2.75) is 13.3 Å². The van der Waals surface area contributed by atoms with Crippen molar-refractivity contribution in [2.75, 3.05) is 32.2 Å². The SMILES string of the molecule is CCOCCCN1C(=O)C(Nc2ccc(OC)cc2)=C(c2ccccc2)C1=O. The van der Waals surface area contributed by atoms with E-state index in [2.05, 4.69) is 5.32 Å². The summed E-state index contributed by atoms with van der Waals surface area (Å²) in [6.07, 6.45) is 0.600. The van der Waals surface area contributed by atoms with Crippen LogP contribution in [0.2, 0.25) is 0 Å². The number of imide groups is 1. The maximum absolute atomic E-state index is 13.0. The molecule has 0 spiro atoms.